The van der Waals surface area contributed by atoms with Crippen LogP contribution in [0.15, 0.2) is 72.4 Å². The molecule has 0 bridgehead atoms. The van der Waals surface area contributed by atoms with Crippen molar-refractivity contribution in [3.63, 3.8) is 0 Å². The molecule has 0 atom stereocenters. The van der Waals surface area contributed by atoms with E-state index in [9.17, 15) is 0 Å². The van der Waals surface area contributed by atoms with Crippen molar-refractivity contribution >= 4 is 23.7 Å². The average Bonchev–Trinajstić information content (AvgIpc) is 3.18. The number of rotatable bonds is 9. The highest BCUT2D eigenvalue weighted by atomic mass is 32.2. The van der Waals surface area contributed by atoms with Gasteiger partial charge in [-0.15, -0.1) is 16.8 Å². The molecule has 0 unspecified atom stereocenters. The summed E-state index contributed by atoms with van der Waals surface area (Å²) in [6.45, 7) is 4.64. The molecule has 32 heavy (non-hydrogen) atoms. The molecule has 0 saturated heterocycles. The SMILES string of the molecule is C=CCn1c(COc2ccccc2-c2ccccc2)nnc1SCc1nc(N)nc(N)n1. The predicted molar refractivity (Wildman–Crippen MR) is 125 cm³/mol. The Morgan fingerprint density at radius 3 is 2.41 bits per heavy atom. The van der Waals surface area contributed by atoms with Gasteiger partial charge in [0.1, 0.15) is 18.2 Å². The molecular formula is C22H22N8OS. The zero-order valence-corrected chi connectivity index (χ0v) is 18.1. The van der Waals surface area contributed by atoms with Crippen molar-refractivity contribution in [1.29, 1.82) is 0 Å². The van der Waals surface area contributed by atoms with Gasteiger partial charge in [0.05, 0.1) is 5.75 Å². The van der Waals surface area contributed by atoms with Crippen LogP contribution in [-0.2, 0) is 18.9 Å². The van der Waals surface area contributed by atoms with Crippen LogP contribution in [0.1, 0.15) is 11.6 Å². The normalized spacial score (nSPS) is 10.8. The number of allylic oxidation sites excluding steroid dienone is 1. The standard InChI is InChI=1S/C22H22N8OS/c1-2-12-30-19(28-29-22(30)32-14-18-25-20(23)27-21(24)26-18)13-31-17-11-7-6-10-16(17)15-8-4-3-5-9-15/h2-11H,1,12-14H2,(H4,23,24,25,26,27). The average molecular weight is 447 g/mol. The van der Waals surface area contributed by atoms with Gasteiger partial charge in [0.25, 0.3) is 0 Å². The fraction of sp³-hybridized carbons (Fsp3) is 0.136. The minimum atomic E-state index is 0.0897. The first-order chi connectivity index (χ1) is 15.6. The molecule has 9 nitrogen and oxygen atoms in total. The molecule has 2 heterocycles. The Labute approximate surface area is 189 Å². The third kappa shape index (κ3) is 5.03. The first-order valence-electron chi connectivity index (χ1n) is 9.83. The summed E-state index contributed by atoms with van der Waals surface area (Å²) in [6.07, 6.45) is 1.79. The molecule has 0 amide bonds. The minimum absolute atomic E-state index is 0.0897. The summed E-state index contributed by atoms with van der Waals surface area (Å²) in [5.41, 5.74) is 13.4. The number of thioether (sulfide) groups is 1. The summed E-state index contributed by atoms with van der Waals surface area (Å²) in [6, 6.07) is 18.0. The number of aromatic nitrogens is 6. The van der Waals surface area contributed by atoms with E-state index in [0.717, 1.165) is 16.9 Å². The molecule has 0 aliphatic carbocycles. The van der Waals surface area contributed by atoms with Crippen LogP contribution in [-0.4, -0.2) is 29.7 Å². The first-order valence-corrected chi connectivity index (χ1v) is 10.8. The van der Waals surface area contributed by atoms with E-state index in [-0.39, 0.29) is 18.5 Å². The lowest BCUT2D eigenvalue weighted by atomic mass is 10.1. The summed E-state index contributed by atoms with van der Waals surface area (Å²) >= 11 is 1.42. The van der Waals surface area contributed by atoms with Gasteiger partial charge in [-0.25, -0.2) is 0 Å². The second-order valence-corrected chi connectivity index (χ2v) is 7.65. The van der Waals surface area contributed by atoms with E-state index in [1.165, 1.54) is 11.8 Å². The van der Waals surface area contributed by atoms with Crippen LogP contribution in [0.5, 0.6) is 5.75 Å². The van der Waals surface area contributed by atoms with Crippen molar-refractivity contribution < 1.29 is 4.74 Å². The van der Waals surface area contributed by atoms with Gasteiger partial charge in [0.15, 0.2) is 11.0 Å². The molecule has 10 heteroatoms. The number of nitrogens with two attached hydrogens (primary N) is 2. The summed E-state index contributed by atoms with van der Waals surface area (Å²) in [4.78, 5) is 12.0. The van der Waals surface area contributed by atoms with Crippen LogP contribution in [0, 0.1) is 0 Å². The largest absolute Gasteiger partial charge is 0.485 e. The highest BCUT2D eigenvalue weighted by Crippen LogP contribution is 2.30. The molecular weight excluding hydrogens is 424 g/mol. The Hall–Kier alpha value is -3.92. The molecule has 4 aromatic rings. The molecule has 0 aliphatic rings. The number of ether oxygens (including phenoxy) is 1. The van der Waals surface area contributed by atoms with Crippen molar-refractivity contribution in [2.75, 3.05) is 11.5 Å². The molecule has 0 radical (unpaired) electrons. The van der Waals surface area contributed by atoms with Gasteiger partial charge in [-0.2, -0.15) is 15.0 Å². The van der Waals surface area contributed by atoms with E-state index >= 15 is 0 Å². The van der Waals surface area contributed by atoms with Crippen molar-refractivity contribution in [1.82, 2.24) is 29.7 Å². The van der Waals surface area contributed by atoms with Crippen molar-refractivity contribution in [2.45, 2.75) is 24.1 Å². The van der Waals surface area contributed by atoms with Crippen LogP contribution in [0.2, 0.25) is 0 Å². The molecule has 0 fully saturated rings. The van der Waals surface area contributed by atoms with E-state index in [0.29, 0.717) is 29.1 Å². The molecule has 2 aromatic heterocycles. The van der Waals surface area contributed by atoms with E-state index in [4.69, 9.17) is 16.2 Å². The number of anilines is 2. The number of nitrogens with zero attached hydrogens (tertiary/aromatic N) is 6. The molecule has 2 aromatic carbocycles. The highest BCUT2D eigenvalue weighted by molar-refractivity contribution is 7.98. The lowest BCUT2D eigenvalue weighted by molar-refractivity contribution is 0.290. The van der Waals surface area contributed by atoms with Crippen molar-refractivity contribution in [2.24, 2.45) is 0 Å². The summed E-state index contributed by atoms with van der Waals surface area (Å²) in [7, 11) is 0. The van der Waals surface area contributed by atoms with E-state index in [1.54, 1.807) is 6.08 Å². The first kappa shape index (κ1) is 21.3. The Morgan fingerprint density at radius 2 is 1.66 bits per heavy atom. The van der Waals surface area contributed by atoms with Crippen LogP contribution < -0.4 is 16.2 Å². The van der Waals surface area contributed by atoms with Gasteiger partial charge < -0.3 is 16.2 Å². The number of nitrogen functional groups attached to an aromatic ring is 2. The maximum absolute atomic E-state index is 6.14. The zero-order valence-electron chi connectivity index (χ0n) is 17.3. The number of hydrogen-bond donors (Lipinski definition) is 2. The fourth-order valence-electron chi connectivity index (χ4n) is 3.09. The number of benzene rings is 2. The maximum atomic E-state index is 6.14. The Kier molecular flexibility index (Phi) is 6.61. The van der Waals surface area contributed by atoms with Gasteiger partial charge in [-0.3, -0.25) is 4.57 Å². The molecule has 4 rings (SSSR count). The van der Waals surface area contributed by atoms with Gasteiger partial charge in [0.2, 0.25) is 11.9 Å². The second kappa shape index (κ2) is 9.92. The van der Waals surface area contributed by atoms with Crippen LogP contribution in [0.3, 0.4) is 0 Å². The second-order valence-electron chi connectivity index (χ2n) is 6.71. The number of para-hydroxylation sites is 1. The quantitative estimate of drug-likeness (QED) is 0.293. The van der Waals surface area contributed by atoms with Gasteiger partial charge in [0, 0.05) is 12.1 Å². The Balaban J connectivity index is 1.50. The molecule has 0 saturated carbocycles. The predicted octanol–water partition coefficient (Wildman–Crippen LogP) is 3.35. The zero-order chi connectivity index (χ0) is 22.3. The molecule has 162 valence electrons. The van der Waals surface area contributed by atoms with Crippen LogP contribution >= 0.6 is 11.8 Å². The van der Waals surface area contributed by atoms with Gasteiger partial charge in [-0.05, 0) is 11.6 Å². The van der Waals surface area contributed by atoms with E-state index in [2.05, 4.69) is 43.9 Å². The third-order valence-electron chi connectivity index (χ3n) is 4.48. The molecule has 0 spiro atoms. The summed E-state index contributed by atoms with van der Waals surface area (Å²) in [5.74, 6) is 2.53. The van der Waals surface area contributed by atoms with E-state index < -0.39 is 0 Å². The Bertz CT molecular complexity index is 1190. The van der Waals surface area contributed by atoms with Crippen LogP contribution in [0.25, 0.3) is 11.1 Å². The lowest BCUT2D eigenvalue weighted by Crippen LogP contribution is -2.08. The van der Waals surface area contributed by atoms with Crippen LogP contribution in [0.4, 0.5) is 11.9 Å². The topological polar surface area (TPSA) is 131 Å². The summed E-state index contributed by atoms with van der Waals surface area (Å²) in [5, 5.41) is 9.31. The van der Waals surface area contributed by atoms with E-state index in [1.807, 2.05) is 47.0 Å². The third-order valence-corrected chi connectivity index (χ3v) is 5.44. The smallest absolute Gasteiger partial charge is 0.225 e. The van der Waals surface area contributed by atoms with Gasteiger partial charge in [-0.1, -0.05) is 66.4 Å². The highest BCUT2D eigenvalue weighted by Gasteiger charge is 2.15. The molecule has 4 N–H and O–H groups in total. The Morgan fingerprint density at radius 1 is 0.938 bits per heavy atom. The monoisotopic (exact) mass is 446 g/mol. The van der Waals surface area contributed by atoms with Gasteiger partial charge >= 0.3 is 0 Å². The summed E-state index contributed by atoms with van der Waals surface area (Å²) < 4.78 is 8.08. The van der Waals surface area contributed by atoms with Crippen molar-refractivity contribution in [3.05, 3.63) is 78.9 Å². The number of hydrogen-bond acceptors (Lipinski definition) is 9. The molecule has 0 aliphatic heterocycles. The fourth-order valence-corrected chi connectivity index (χ4v) is 3.91. The van der Waals surface area contributed by atoms with Crippen molar-refractivity contribution in [3.8, 4) is 16.9 Å². The minimum Gasteiger partial charge on any atom is -0.485 e. The maximum Gasteiger partial charge on any atom is 0.225 e. The lowest BCUT2D eigenvalue weighted by Gasteiger charge is -2.12.